The lowest BCUT2D eigenvalue weighted by molar-refractivity contribution is 0.234. The summed E-state index contributed by atoms with van der Waals surface area (Å²) in [5.74, 6) is 0.951. The van der Waals surface area contributed by atoms with Crippen molar-refractivity contribution in [1.29, 1.82) is 5.26 Å². The van der Waals surface area contributed by atoms with Crippen molar-refractivity contribution in [2.45, 2.75) is 46.5 Å². The standard InChI is InChI=1S/C24H27Cl2N3O/c1-6-30-24(17(13-27)14-28-23-20(25)11-8-12-21(23)26)29-22-18(15(2)3)9-7-10-19(22)16(4)5/h7-12,14-16,29H,6H2,1-5H3/b24-17+,28-14?. The Morgan fingerprint density at radius 2 is 1.60 bits per heavy atom. The number of rotatable bonds is 8. The van der Waals surface area contributed by atoms with Crippen LogP contribution in [0.3, 0.4) is 0 Å². The molecule has 0 spiro atoms. The normalized spacial score (nSPS) is 12.3. The fourth-order valence-corrected chi connectivity index (χ4v) is 3.51. The van der Waals surface area contributed by atoms with E-state index in [1.807, 2.05) is 6.92 Å². The van der Waals surface area contributed by atoms with Crippen LogP contribution < -0.4 is 5.32 Å². The molecule has 0 aliphatic rings. The van der Waals surface area contributed by atoms with E-state index < -0.39 is 0 Å². The molecular formula is C24H27Cl2N3O. The van der Waals surface area contributed by atoms with Crippen LogP contribution in [0.5, 0.6) is 0 Å². The molecule has 0 bridgehead atoms. The molecule has 0 aliphatic carbocycles. The summed E-state index contributed by atoms with van der Waals surface area (Å²) in [6.45, 7) is 10.8. The molecule has 4 nitrogen and oxygen atoms in total. The Balaban J connectivity index is 2.56. The Bertz CT molecular complexity index is 942. The Hall–Kier alpha value is -2.48. The van der Waals surface area contributed by atoms with Crippen LogP contribution in [0.4, 0.5) is 11.4 Å². The van der Waals surface area contributed by atoms with Crippen LogP contribution >= 0.6 is 23.2 Å². The molecule has 1 N–H and O–H groups in total. The van der Waals surface area contributed by atoms with Gasteiger partial charge in [0.2, 0.25) is 5.88 Å². The van der Waals surface area contributed by atoms with E-state index in [4.69, 9.17) is 27.9 Å². The van der Waals surface area contributed by atoms with E-state index in [9.17, 15) is 5.26 Å². The molecular weight excluding hydrogens is 417 g/mol. The van der Waals surface area contributed by atoms with Crippen LogP contribution in [0.15, 0.2) is 52.8 Å². The van der Waals surface area contributed by atoms with Crippen LogP contribution in [0.25, 0.3) is 0 Å². The highest BCUT2D eigenvalue weighted by molar-refractivity contribution is 6.38. The van der Waals surface area contributed by atoms with E-state index >= 15 is 0 Å². The van der Waals surface area contributed by atoms with Gasteiger partial charge in [-0.05, 0) is 42.0 Å². The largest absolute Gasteiger partial charge is 0.478 e. The fourth-order valence-electron chi connectivity index (χ4n) is 3.01. The molecule has 2 aromatic carbocycles. The molecule has 0 saturated heterocycles. The van der Waals surface area contributed by atoms with Gasteiger partial charge < -0.3 is 10.1 Å². The van der Waals surface area contributed by atoms with Crippen LogP contribution in [0.1, 0.15) is 57.6 Å². The third-order valence-corrected chi connectivity index (χ3v) is 5.14. The van der Waals surface area contributed by atoms with Gasteiger partial charge in [-0.25, -0.2) is 0 Å². The van der Waals surface area contributed by atoms with Gasteiger partial charge in [-0.15, -0.1) is 0 Å². The fraction of sp³-hybridized carbons (Fsp3) is 0.333. The van der Waals surface area contributed by atoms with Crippen molar-refractivity contribution < 1.29 is 4.74 Å². The molecule has 0 radical (unpaired) electrons. The first kappa shape index (κ1) is 23.8. The number of benzene rings is 2. The van der Waals surface area contributed by atoms with E-state index in [1.165, 1.54) is 6.21 Å². The summed E-state index contributed by atoms with van der Waals surface area (Å²) >= 11 is 12.4. The van der Waals surface area contributed by atoms with Gasteiger partial charge in [0.15, 0.2) is 0 Å². The highest BCUT2D eigenvalue weighted by Crippen LogP contribution is 2.34. The van der Waals surface area contributed by atoms with Crippen molar-refractivity contribution >= 4 is 40.8 Å². The summed E-state index contributed by atoms with van der Waals surface area (Å²) in [7, 11) is 0. The summed E-state index contributed by atoms with van der Waals surface area (Å²) in [4.78, 5) is 4.35. The maximum atomic E-state index is 9.79. The number of nitriles is 1. The summed E-state index contributed by atoms with van der Waals surface area (Å²) < 4.78 is 5.81. The van der Waals surface area contributed by atoms with Crippen molar-refractivity contribution in [1.82, 2.24) is 0 Å². The van der Waals surface area contributed by atoms with Gasteiger partial charge in [0.05, 0.1) is 22.9 Å². The molecule has 6 heteroatoms. The monoisotopic (exact) mass is 443 g/mol. The highest BCUT2D eigenvalue weighted by atomic mass is 35.5. The quantitative estimate of drug-likeness (QED) is 0.256. The van der Waals surface area contributed by atoms with Crippen molar-refractivity contribution in [3.8, 4) is 6.07 Å². The molecule has 30 heavy (non-hydrogen) atoms. The summed E-state index contributed by atoms with van der Waals surface area (Å²) in [5, 5.41) is 14.0. The molecule has 0 fully saturated rings. The Morgan fingerprint density at radius 1 is 1.07 bits per heavy atom. The van der Waals surface area contributed by atoms with Gasteiger partial charge >= 0.3 is 0 Å². The molecule has 0 aromatic heterocycles. The predicted molar refractivity (Wildman–Crippen MR) is 127 cm³/mol. The van der Waals surface area contributed by atoms with Crippen LogP contribution in [0.2, 0.25) is 10.0 Å². The molecule has 0 heterocycles. The van der Waals surface area contributed by atoms with E-state index in [-0.39, 0.29) is 5.57 Å². The second-order valence-electron chi connectivity index (χ2n) is 7.36. The van der Waals surface area contributed by atoms with Gasteiger partial charge in [-0.2, -0.15) is 5.26 Å². The van der Waals surface area contributed by atoms with E-state index in [2.05, 4.69) is 62.3 Å². The summed E-state index contributed by atoms with van der Waals surface area (Å²) in [5.41, 5.74) is 3.93. The smallest absolute Gasteiger partial charge is 0.211 e. The zero-order valence-electron chi connectivity index (χ0n) is 18.0. The van der Waals surface area contributed by atoms with Gasteiger partial charge in [-0.3, -0.25) is 4.99 Å². The average molecular weight is 444 g/mol. The van der Waals surface area contributed by atoms with E-state index in [1.54, 1.807) is 18.2 Å². The van der Waals surface area contributed by atoms with Crippen molar-refractivity contribution in [3.63, 3.8) is 0 Å². The maximum Gasteiger partial charge on any atom is 0.211 e. The number of ether oxygens (including phenoxy) is 1. The lowest BCUT2D eigenvalue weighted by Gasteiger charge is -2.22. The third-order valence-electron chi connectivity index (χ3n) is 4.53. The molecule has 0 saturated carbocycles. The van der Waals surface area contributed by atoms with E-state index in [0.29, 0.717) is 40.1 Å². The lowest BCUT2D eigenvalue weighted by Crippen LogP contribution is -2.12. The number of nitrogens with one attached hydrogen (secondary N) is 1. The Labute approximate surface area is 189 Å². The first-order valence-corrected chi connectivity index (χ1v) is 10.7. The van der Waals surface area contributed by atoms with Gasteiger partial charge in [0.25, 0.3) is 0 Å². The predicted octanol–water partition coefficient (Wildman–Crippen LogP) is 7.83. The number of para-hydroxylation sites is 2. The number of aliphatic imine (C=N–C) groups is 1. The molecule has 158 valence electrons. The highest BCUT2D eigenvalue weighted by Gasteiger charge is 2.17. The third kappa shape index (κ3) is 5.78. The summed E-state index contributed by atoms with van der Waals surface area (Å²) in [6.07, 6.45) is 1.43. The molecule has 0 atom stereocenters. The minimum Gasteiger partial charge on any atom is -0.478 e. The molecule has 2 aromatic rings. The second-order valence-corrected chi connectivity index (χ2v) is 8.18. The number of hydrogen-bond donors (Lipinski definition) is 1. The minimum atomic E-state index is 0.251. The van der Waals surface area contributed by atoms with Gasteiger partial charge in [0, 0.05) is 5.69 Å². The van der Waals surface area contributed by atoms with E-state index in [0.717, 1.165) is 16.8 Å². The zero-order valence-corrected chi connectivity index (χ0v) is 19.5. The van der Waals surface area contributed by atoms with Gasteiger partial charge in [0.1, 0.15) is 17.3 Å². The maximum absolute atomic E-state index is 9.79. The zero-order chi connectivity index (χ0) is 22.3. The molecule has 2 rings (SSSR count). The molecule has 0 amide bonds. The second kappa shape index (κ2) is 11.1. The Morgan fingerprint density at radius 3 is 2.07 bits per heavy atom. The lowest BCUT2D eigenvalue weighted by atomic mass is 9.92. The SMILES string of the molecule is CCO/C(Nc1c(C(C)C)cccc1C(C)C)=C(\C#N)C=Nc1c(Cl)cccc1Cl. The number of halogens is 2. The number of anilines is 1. The number of hydrogen-bond acceptors (Lipinski definition) is 4. The van der Waals surface area contributed by atoms with Crippen molar-refractivity contribution in [2.24, 2.45) is 4.99 Å². The van der Waals surface area contributed by atoms with Crippen molar-refractivity contribution in [2.75, 3.05) is 11.9 Å². The first-order valence-electron chi connectivity index (χ1n) is 9.95. The summed E-state index contributed by atoms with van der Waals surface area (Å²) in [6, 6.07) is 13.6. The van der Waals surface area contributed by atoms with Gasteiger partial charge in [-0.1, -0.05) is 75.2 Å². The molecule has 0 aliphatic heterocycles. The average Bonchev–Trinajstić information content (AvgIpc) is 2.70. The number of allylic oxidation sites excluding steroid dienone is 1. The topological polar surface area (TPSA) is 57.4 Å². The molecule has 0 unspecified atom stereocenters. The van der Waals surface area contributed by atoms with Crippen LogP contribution in [0, 0.1) is 11.3 Å². The number of nitrogens with zero attached hydrogens (tertiary/aromatic N) is 2. The first-order chi connectivity index (χ1) is 14.3. The Kier molecular flexibility index (Phi) is 8.77. The van der Waals surface area contributed by atoms with Crippen molar-refractivity contribution in [3.05, 3.63) is 69.0 Å². The van der Waals surface area contributed by atoms with Crippen LogP contribution in [-0.2, 0) is 4.74 Å². The minimum absolute atomic E-state index is 0.251. The van der Waals surface area contributed by atoms with Crippen LogP contribution in [-0.4, -0.2) is 12.8 Å².